The van der Waals surface area contributed by atoms with E-state index in [0.717, 1.165) is 5.56 Å². The molecule has 0 radical (unpaired) electrons. The van der Waals surface area contributed by atoms with Gasteiger partial charge in [-0.15, -0.1) is 0 Å². The Bertz CT molecular complexity index is 596. The summed E-state index contributed by atoms with van der Waals surface area (Å²) in [6.45, 7) is 1.90. The molecule has 0 aliphatic carbocycles. The van der Waals surface area contributed by atoms with Crippen LogP contribution in [0.3, 0.4) is 0 Å². The van der Waals surface area contributed by atoms with Gasteiger partial charge in [-0.1, -0.05) is 23.7 Å². The van der Waals surface area contributed by atoms with Crippen LogP contribution in [-0.2, 0) is 0 Å². The summed E-state index contributed by atoms with van der Waals surface area (Å²) < 4.78 is 0. The second-order valence-corrected chi connectivity index (χ2v) is 4.43. The van der Waals surface area contributed by atoms with E-state index in [1.165, 1.54) is 0 Å². The van der Waals surface area contributed by atoms with Crippen LogP contribution >= 0.6 is 11.6 Å². The fraction of sp³-hybridized carbons (Fsp3) is 0.143. The van der Waals surface area contributed by atoms with Gasteiger partial charge >= 0.3 is 0 Å². The van der Waals surface area contributed by atoms with Crippen molar-refractivity contribution in [3.8, 4) is 0 Å². The summed E-state index contributed by atoms with van der Waals surface area (Å²) in [5.41, 5.74) is 2.06. The number of halogens is 1. The highest BCUT2D eigenvalue weighted by molar-refractivity contribution is 6.31. The number of benzene rings is 1. The van der Waals surface area contributed by atoms with E-state index in [1.807, 2.05) is 13.0 Å². The van der Waals surface area contributed by atoms with Crippen LogP contribution in [0.4, 0.5) is 5.82 Å². The van der Waals surface area contributed by atoms with E-state index in [-0.39, 0.29) is 5.78 Å². The lowest BCUT2D eigenvalue weighted by Gasteiger charge is -2.08. The minimum atomic E-state index is -0.0851. The molecule has 0 atom stereocenters. The minimum Gasteiger partial charge on any atom is -0.373 e. The molecular weight excluding hydrogens is 248 g/mol. The lowest BCUT2D eigenvalue weighted by molar-refractivity contribution is 0.103. The second-order valence-electron chi connectivity index (χ2n) is 4.00. The maximum absolute atomic E-state index is 12.4. The SMILES string of the molecule is CNc1ncc(C)cc1C(=O)c1cccc(Cl)c1. The summed E-state index contributed by atoms with van der Waals surface area (Å²) in [4.78, 5) is 16.6. The molecular formula is C14H13ClN2O. The molecule has 1 heterocycles. The number of carbonyl (C=O) groups excluding carboxylic acids is 1. The standard InChI is InChI=1S/C14H13ClN2O/c1-9-6-12(14(16-2)17-8-9)13(18)10-4-3-5-11(15)7-10/h3-8H,1-2H3,(H,16,17). The van der Waals surface area contributed by atoms with Crippen molar-refractivity contribution in [2.75, 3.05) is 12.4 Å². The van der Waals surface area contributed by atoms with Gasteiger partial charge in [-0.3, -0.25) is 4.79 Å². The Labute approximate surface area is 111 Å². The van der Waals surface area contributed by atoms with Gasteiger partial charge in [0.2, 0.25) is 0 Å². The van der Waals surface area contributed by atoms with Crippen LogP contribution in [0.5, 0.6) is 0 Å². The molecule has 0 bridgehead atoms. The van der Waals surface area contributed by atoms with Gasteiger partial charge in [0.15, 0.2) is 5.78 Å². The maximum atomic E-state index is 12.4. The van der Waals surface area contributed by atoms with E-state index in [9.17, 15) is 4.79 Å². The largest absolute Gasteiger partial charge is 0.373 e. The van der Waals surface area contributed by atoms with Gasteiger partial charge in [-0.05, 0) is 30.7 Å². The smallest absolute Gasteiger partial charge is 0.196 e. The van der Waals surface area contributed by atoms with Gasteiger partial charge in [-0.2, -0.15) is 0 Å². The number of aryl methyl sites for hydroxylation is 1. The van der Waals surface area contributed by atoms with E-state index in [4.69, 9.17) is 11.6 Å². The van der Waals surface area contributed by atoms with Crippen molar-refractivity contribution in [3.63, 3.8) is 0 Å². The minimum absolute atomic E-state index is 0.0851. The summed E-state index contributed by atoms with van der Waals surface area (Å²) in [5, 5.41) is 3.47. The summed E-state index contributed by atoms with van der Waals surface area (Å²) in [5.74, 6) is 0.489. The van der Waals surface area contributed by atoms with Crippen molar-refractivity contribution in [1.29, 1.82) is 0 Å². The lowest BCUT2D eigenvalue weighted by atomic mass is 10.0. The molecule has 0 aliphatic rings. The normalized spacial score (nSPS) is 10.2. The number of aromatic nitrogens is 1. The van der Waals surface area contributed by atoms with Gasteiger partial charge in [0, 0.05) is 23.8 Å². The van der Waals surface area contributed by atoms with Crippen molar-refractivity contribution in [1.82, 2.24) is 4.98 Å². The first-order valence-corrected chi connectivity index (χ1v) is 5.94. The molecule has 18 heavy (non-hydrogen) atoms. The predicted molar refractivity (Wildman–Crippen MR) is 73.4 cm³/mol. The molecule has 92 valence electrons. The zero-order valence-electron chi connectivity index (χ0n) is 10.2. The zero-order chi connectivity index (χ0) is 13.1. The number of nitrogens with zero attached hydrogens (tertiary/aromatic N) is 1. The highest BCUT2D eigenvalue weighted by atomic mass is 35.5. The van der Waals surface area contributed by atoms with Gasteiger partial charge < -0.3 is 5.32 Å². The van der Waals surface area contributed by atoms with Crippen LogP contribution in [0.15, 0.2) is 36.5 Å². The summed E-state index contributed by atoms with van der Waals surface area (Å²) in [7, 11) is 1.74. The van der Waals surface area contributed by atoms with Crippen LogP contribution in [0.1, 0.15) is 21.5 Å². The Hall–Kier alpha value is -1.87. The fourth-order valence-corrected chi connectivity index (χ4v) is 1.92. The number of hydrogen-bond acceptors (Lipinski definition) is 3. The van der Waals surface area contributed by atoms with E-state index in [0.29, 0.717) is 22.0 Å². The summed E-state index contributed by atoms with van der Waals surface area (Å²) >= 11 is 5.90. The quantitative estimate of drug-likeness (QED) is 0.861. The number of ketones is 1. The molecule has 4 heteroatoms. The first-order chi connectivity index (χ1) is 8.61. The summed E-state index contributed by atoms with van der Waals surface area (Å²) in [6.07, 6.45) is 1.72. The number of hydrogen-bond donors (Lipinski definition) is 1. The van der Waals surface area contributed by atoms with Gasteiger partial charge in [-0.25, -0.2) is 4.98 Å². The van der Waals surface area contributed by atoms with Crippen molar-refractivity contribution >= 4 is 23.2 Å². The van der Waals surface area contributed by atoms with Crippen LogP contribution in [0, 0.1) is 6.92 Å². The first-order valence-electron chi connectivity index (χ1n) is 5.56. The molecule has 0 amide bonds. The first kappa shape index (κ1) is 12.6. The maximum Gasteiger partial charge on any atom is 0.196 e. The molecule has 0 fully saturated rings. The number of anilines is 1. The van der Waals surface area contributed by atoms with Gasteiger partial charge in [0.05, 0.1) is 5.56 Å². The lowest BCUT2D eigenvalue weighted by Crippen LogP contribution is -2.07. The highest BCUT2D eigenvalue weighted by Gasteiger charge is 2.14. The Morgan fingerprint density at radius 2 is 2.11 bits per heavy atom. The van der Waals surface area contributed by atoms with E-state index in [1.54, 1.807) is 37.5 Å². The molecule has 0 aliphatic heterocycles. The Morgan fingerprint density at radius 1 is 1.33 bits per heavy atom. The van der Waals surface area contributed by atoms with Crippen molar-refractivity contribution in [3.05, 3.63) is 58.2 Å². The van der Waals surface area contributed by atoms with Gasteiger partial charge in [0.25, 0.3) is 0 Å². The molecule has 0 unspecified atom stereocenters. The number of rotatable bonds is 3. The molecule has 2 aromatic rings. The number of pyridine rings is 1. The number of nitrogens with one attached hydrogen (secondary N) is 1. The predicted octanol–water partition coefficient (Wildman–Crippen LogP) is 3.32. The van der Waals surface area contributed by atoms with Crippen LogP contribution in [0.25, 0.3) is 0 Å². The third kappa shape index (κ3) is 2.51. The number of carbonyl (C=O) groups is 1. The summed E-state index contributed by atoms with van der Waals surface area (Å²) in [6, 6.07) is 8.73. The third-order valence-corrected chi connectivity index (χ3v) is 2.83. The molecule has 1 aromatic heterocycles. The molecule has 1 aromatic carbocycles. The Kier molecular flexibility index (Phi) is 3.63. The molecule has 2 rings (SSSR count). The second kappa shape index (κ2) is 5.19. The van der Waals surface area contributed by atoms with Crippen LogP contribution in [-0.4, -0.2) is 17.8 Å². The van der Waals surface area contributed by atoms with E-state index >= 15 is 0 Å². The highest BCUT2D eigenvalue weighted by Crippen LogP contribution is 2.20. The molecule has 0 saturated heterocycles. The van der Waals surface area contributed by atoms with Gasteiger partial charge in [0.1, 0.15) is 5.82 Å². The van der Waals surface area contributed by atoms with E-state index < -0.39 is 0 Å². The monoisotopic (exact) mass is 260 g/mol. The topological polar surface area (TPSA) is 42.0 Å². The molecule has 0 spiro atoms. The fourth-order valence-electron chi connectivity index (χ4n) is 1.73. The Morgan fingerprint density at radius 3 is 2.78 bits per heavy atom. The van der Waals surface area contributed by atoms with E-state index in [2.05, 4.69) is 10.3 Å². The molecule has 1 N–H and O–H groups in total. The average molecular weight is 261 g/mol. The van der Waals surface area contributed by atoms with Crippen LogP contribution in [0.2, 0.25) is 5.02 Å². The van der Waals surface area contributed by atoms with Crippen molar-refractivity contribution < 1.29 is 4.79 Å². The average Bonchev–Trinajstić information content (AvgIpc) is 2.38. The van der Waals surface area contributed by atoms with Crippen molar-refractivity contribution in [2.45, 2.75) is 6.92 Å². The van der Waals surface area contributed by atoms with Crippen molar-refractivity contribution in [2.24, 2.45) is 0 Å². The molecule has 0 saturated carbocycles. The third-order valence-electron chi connectivity index (χ3n) is 2.59. The zero-order valence-corrected chi connectivity index (χ0v) is 11.0. The molecule has 3 nitrogen and oxygen atoms in total. The van der Waals surface area contributed by atoms with Crippen LogP contribution < -0.4 is 5.32 Å². The Balaban J connectivity index is 2.48.